The first-order chi connectivity index (χ1) is 7.72. The minimum Gasteiger partial charge on any atom is -0.319 e. The van der Waals surface area contributed by atoms with Crippen molar-refractivity contribution >= 4 is 0 Å². The summed E-state index contributed by atoms with van der Waals surface area (Å²) in [6.07, 6.45) is 5.19. The SMILES string of the molecule is C=CCc1cc(CC)c(C)cc1CCNC. The van der Waals surface area contributed by atoms with E-state index >= 15 is 0 Å². The first-order valence-electron chi connectivity index (χ1n) is 6.09. The van der Waals surface area contributed by atoms with Gasteiger partial charge in [0.1, 0.15) is 0 Å². The van der Waals surface area contributed by atoms with Gasteiger partial charge in [0.25, 0.3) is 0 Å². The Kier molecular flexibility index (Phi) is 5.27. The molecule has 0 fully saturated rings. The van der Waals surface area contributed by atoms with E-state index in [2.05, 4.69) is 37.9 Å². The fourth-order valence-corrected chi connectivity index (χ4v) is 2.08. The van der Waals surface area contributed by atoms with E-state index in [1.165, 1.54) is 22.3 Å². The van der Waals surface area contributed by atoms with Crippen LogP contribution in [0.1, 0.15) is 29.2 Å². The Bertz CT molecular complexity index is 353. The third-order valence-electron chi connectivity index (χ3n) is 3.05. The molecule has 0 aliphatic rings. The van der Waals surface area contributed by atoms with Crippen LogP contribution < -0.4 is 5.32 Å². The minimum atomic E-state index is 0.978. The fourth-order valence-electron chi connectivity index (χ4n) is 2.08. The Morgan fingerprint density at radius 3 is 2.56 bits per heavy atom. The second kappa shape index (κ2) is 6.49. The van der Waals surface area contributed by atoms with Gasteiger partial charge in [-0.1, -0.05) is 25.1 Å². The molecule has 0 unspecified atom stereocenters. The van der Waals surface area contributed by atoms with Crippen molar-refractivity contribution in [2.24, 2.45) is 0 Å². The van der Waals surface area contributed by atoms with Crippen molar-refractivity contribution in [3.05, 3.63) is 47.0 Å². The Morgan fingerprint density at radius 2 is 2.00 bits per heavy atom. The zero-order valence-electron chi connectivity index (χ0n) is 10.8. The molecule has 0 aliphatic carbocycles. The highest BCUT2D eigenvalue weighted by atomic mass is 14.8. The lowest BCUT2D eigenvalue weighted by atomic mass is 9.94. The maximum absolute atomic E-state index is 3.84. The van der Waals surface area contributed by atoms with Gasteiger partial charge in [0.15, 0.2) is 0 Å². The van der Waals surface area contributed by atoms with Crippen LogP contribution in [0.25, 0.3) is 0 Å². The lowest BCUT2D eigenvalue weighted by Gasteiger charge is -2.13. The lowest BCUT2D eigenvalue weighted by molar-refractivity contribution is 0.785. The van der Waals surface area contributed by atoms with Crippen molar-refractivity contribution in [1.29, 1.82) is 0 Å². The van der Waals surface area contributed by atoms with Gasteiger partial charge in [-0.05, 0) is 62.0 Å². The molecule has 0 amide bonds. The molecule has 0 bridgehead atoms. The molecule has 16 heavy (non-hydrogen) atoms. The summed E-state index contributed by atoms with van der Waals surface area (Å²) in [5.41, 5.74) is 5.78. The molecule has 0 atom stereocenters. The van der Waals surface area contributed by atoms with Crippen LogP contribution in [0.4, 0.5) is 0 Å². The summed E-state index contributed by atoms with van der Waals surface area (Å²) < 4.78 is 0. The predicted octanol–water partition coefficient (Wildman–Crippen LogP) is 3.05. The van der Waals surface area contributed by atoms with Crippen LogP contribution in [0.15, 0.2) is 24.8 Å². The largest absolute Gasteiger partial charge is 0.319 e. The molecule has 0 spiro atoms. The monoisotopic (exact) mass is 217 g/mol. The molecule has 1 aromatic rings. The third kappa shape index (κ3) is 3.21. The maximum atomic E-state index is 3.84. The second-order valence-corrected chi connectivity index (χ2v) is 4.25. The van der Waals surface area contributed by atoms with Crippen molar-refractivity contribution < 1.29 is 0 Å². The van der Waals surface area contributed by atoms with Crippen LogP contribution in [0.5, 0.6) is 0 Å². The Morgan fingerprint density at radius 1 is 1.25 bits per heavy atom. The number of likely N-dealkylation sites (N-methyl/N-ethyl adjacent to an activating group) is 1. The van der Waals surface area contributed by atoms with Crippen molar-refractivity contribution in [3.63, 3.8) is 0 Å². The van der Waals surface area contributed by atoms with E-state index in [-0.39, 0.29) is 0 Å². The van der Waals surface area contributed by atoms with Crippen LogP contribution in [0.3, 0.4) is 0 Å². The summed E-state index contributed by atoms with van der Waals surface area (Å²) in [6.45, 7) is 9.30. The van der Waals surface area contributed by atoms with Crippen LogP contribution in [-0.4, -0.2) is 13.6 Å². The molecule has 88 valence electrons. The smallest absolute Gasteiger partial charge is 0.00112 e. The quantitative estimate of drug-likeness (QED) is 0.722. The number of aryl methyl sites for hydroxylation is 2. The normalized spacial score (nSPS) is 10.4. The van der Waals surface area contributed by atoms with Crippen LogP contribution >= 0.6 is 0 Å². The molecular weight excluding hydrogens is 194 g/mol. The molecular formula is C15H23N. The molecule has 1 nitrogen and oxygen atoms in total. The van der Waals surface area contributed by atoms with Gasteiger partial charge in [-0.3, -0.25) is 0 Å². The van der Waals surface area contributed by atoms with E-state index in [0.29, 0.717) is 0 Å². The number of nitrogens with one attached hydrogen (secondary N) is 1. The third-order valence-corrected chi connectivity index (χ3v) is 3.05. The Balaban J connectivity index is 3.03. The van der Waals surface area contributed by atoms with Crippen LogP contribution in [0, 0.1) is 6.92 Å². The number of allylic oxidation sites excluding steroid dienone is 1. The van der Waals surface area contributed by atoms with E-state index in [1.807, 2.05) is 13.1 Å². The molecule has 1 aromatic carbocycles. The summed E-state index contributed by atoms with van der Waals surface area (Å²) in [5.74, 6) is 0. The van der Waals surface area contributed by atoms with Crippen LogP contribution in [0.2, 0.25) is 0 Å². The Hall–Kier alpha value is -1.08. The van der Waals surface area contributed by atoms with Crippen molar-refractivity contribution in [2.45, 2.75) is 33.1 Å². The first kappa shape index (κ1) is 13.0. The van der Waals surface area contributed by atoms with Gasteiger partial charge >= 0.3 is 0 Å². The van der Waals surface area contributed by atoms with Crippen molar-refractivity contribution in [1.82, 2.24) is 5.32 Å². The van der Waals surface area contributed by atoms with Gasteiger partial charge in [-0.15, -0.1) is 6.58 Å². The number of hydrogen-bond acceptors (Lipinski definition) is 1. The van der Waals surface area contributed by atoms with Gasteiger partial charge in [0.05, 0.1) is 0 Å². The number of benzene rings is 1. The standard InChI is InChI=1S/C15H23N/c1-5-7-14-11-13(6-2)12(3)10-15(14)8-9-16-4/h5,10-11,16H,1,6-9H2,2-4H3. The summed E-state index contributed by atoms with van der Waals surface area (Å²) >= 11 is 0. The highest BCUT2D eigenvalue weighted by Crippen LogP contribution is 2.18. The zero-order valence-corrected chi connectivity index (χ0v) is 10.8. The van der Waals surface area contributed by atoms with E-state index < -0.39 is 0 Å². The van der Waals surface area contributed by atoms with E-state index in [4.69, 9.17) is 0 Å². The summed E-state index contributed by atoms with van der Waals surface area (Å²) in [4.78, 5) is 0. The van der Waals surface area contributed by atoms with Gasteiger partial charge < -0.3 is 5.32 Å². The average molecular weight is 217 g/mol. The summed E-state index contributed by atoms with van der Waals surface area (Å²) in [5, 5.41) is 3.21. The molecule has 0 aromatic heterocycles. The highest BCUT2D eigenvalue weighted by Gasteiger charge is 2.05. The number of rotatable bonds is 6. The molecule has 1 rings (SSSR count). The van der Waals surface area contributed by atoms with Gasteiger partial charge in [0.2, 0.25) is 0 Å². The predicted molar refractivity (Wildman–Crippen MR) is 72.1 cm³/mol. The van der Waals surface area contributed by atoms with Gasteiger partial charge in [0, 0.05) is 0 Å². The molecule has 1 heteroatoms. The van der Waals surface area contributed by atoms with Gasteiger partial charge in [-0.25, -0.2) is 0 Å². The highest BCUT2D eigenvalue weighted by molar-refractivity contribution is 5.39. The molecule has 0 heterocycles. The molecule has 0 aliphatic heterocycles. The van der Waals surface area contributed by atoms with Crippen LogP contribution in [-0.2, 0) is 19.3 Å². The average Bonchev–Trinajstić information content (AvgIpc) is 2.29. The molecule has 0 radical (unpaired) electrons. The maximum Gasteiger partial charge on any atom is -0.00112 e. The van der Waals surface area contributed by atoms with E-state index in [9.17, 15) is 0 Å². The topological polar surface area (TPSA) is 12.0 Å². The second-order valence-electron chi connectivity index (χ2n) is 4.25. The van der Waals surface area contributed by atoms with E-state index in [1.54, 1.807) is 0 Å². The van der Waals surface area contributed by atoms with E-state index in [0.717, 1.165) is 25.8 Å². The van der Waals surface area contributed by atoms with Gasteiger partial charge in [-0.2, -0.15) is 0 Å². The summed E-state index contributed by atoms with van der Waals surface area (Å²) in [7, 11) is 2.00. The molecule has 1 N–H and O–H groups in total. The van der Waals surface area contributed by atoms with Crippen molar-refractivity contribution in [3.8, 4) is 0 Å². The minimum absolute atomic E-state index is 0.978. The number of hydrogen-bond donors (Lipinski definition) is 1. The first-order valence-corrected chi connectivity index (χ1v) is 6.09. The van der Waals surface area contributed by atoms with Crippen molar-refractivity contribution in [2.75, 3.05) is 13.6 Å². The fraction of sp³-hybridized carbons (Fsp3) is 0.467. The summed E-state index contributed by atoms with van der Waals surface area (Å²) in [6, 6.07) is 4.69. The zero-order chi connectivity index (χ0) is 12.0. The lowest BCUT2D eigenvalue weighted by Crippen LogP contribution is -2.12. The molecule has 0 saturated carbocycles. The molecule has 0 saturated heterocycles. The Labute approximate surface area is 99.6 Å².